The molecule has 4 nitrogen and oxygen atoms in total. The van der Waals surface area contributed by atoms with E-state index in [0.717, 1.165) is 10.6 Å². The number of nitrogens with one attached hydrogen (secondary N) is 1. The van der Waals surface area contributed by atoms with Gasteiger partial charge < -0.3 is 10.4 Å². The number of aliphatic carboxylic acids is 1. The first kappa shape index (κ1) is 17.9. The molecule has 6 heteroatoms. The number of benzene rings is 1. The van der Waals surface area contributed by atoms with Gasteiger partial charge in [-0.05, 0) is 44.2 Å². The summed E-state index contributed by atoms with van der Waals surface area (Å²) in [4.78, 5) is 24.0. The molecule has 0 aromatic heterocycles. The molecule has 1 aromatic rings. The minimum atomic E-state index is -0.870. The second-order valence-electron chi connectivity index (χ2n) is 5.27. The number of amides is 1. The number of halogens is 1. The molecule has 1 rings (SSSR count). The number of carboxylic acids is 1. The molecule has 0 heterocycles. The summed E-state index contributed by atoms with van der Waals surface area (Å²) in [6, 6.07) is 5.14. The number of thioether (sulfide) groups is 1. The van der Waals surface area contributed by atoms with E-state index in [2.05, 4.69) is 5.32 Å². The molecular formula is C15H20ClNO3S. The Kier molecular flexibility index (Phi) is 6.55. The smallest absolute Gasteiger partial charge is 0.309 e. The number of rotatable bonds is 7. The van der Waals surface area contributed by atoms with Crippen molar-refractivity contribution in [3.63, 3.8) is 0 Å². The molecular weight excluding hydrogens is 310 g/mol. The van der Waals surface area contributed by atoms with Gasteiger partial charge in [0.15, 0.2) is 0 Å². The Morgan fingerprint density at radius 1 is 1.38 bits per heavy atom. The van der Waals surface area contributed by atoms with E-state index in [4.69, 9.17) is 16.7 Å². The summed E-state index contributed by atoms with van der Waals surface area (Å²) < 4.78 is 0. The summed E-state index contributed by atoms with van der Waals surface area (Å²) in [5, 5.41) is 12.4. The maximum Gasteiger partial charge on any atom is 0.309 e. The highest BCUT2D eigenvalue weighted by atomic mass is 35.5. The fourth-order valence-corrected chi connectivity index (χ4v) is 2.72. The fourth-order valence-electron chi connectivity index (χ4n) is 1.65. The Morgan fingerprint density at radius 3 is 2.62 bits per heavy atom. The average molecular weight is 330 g/mol. The zero-order chi connectivity index (χ0) is 16.0. The molecule has 116 valence electrons. The summed E-state index contributed by atoms with van der Waals surface area (Å²) in [6.45, 7) is 5.60. The van der Waals surface area contributed by atoms with Crippen LogP contribution in [0.3, 0.4) is 0 Å². The first-order valence-corrected chi connectivity index (χ1v) is 8.08. The molecule has 2 N–H and O–H groups in total. The molecule has 0 radical (unpaired) electrons. The van der Waals surface area contributed by atoms with Gasteiger partial charge in [-0.3, -0.25) is 9.59 Å². The molecule has 0 aliphatic rings. The Morgan fingerprint density at radius 2 is 2.05 bits per heavy atom. The lowest BCUT2D eigenvalue weighted by atomic mass is 9.90. The summed E-state index contributed by atoms with van der Waals surface area (Å²) in [5.41, 5.74) is -0.284. The molecule has 0 bridgehead atoms. The van der Waals surface area contributed by atoms with E-state index in [1.807, 2.05) is 6.92 Å². The van der Waals surface area contributed by atoms with E-state index in [9.17, 15) is 9.59 Å². The molecule has 0 spiro atoms. The van der Waals surface area contributed by atoms with Gasteiger partial charge in [-0.25, -0.2) is 0 Å². The van der Waals surface area contributed by atoms with Crippen LogP contribution in [0.25, 0.3) is 0 Å². The van der Waals surface area contributed by atoms with Crippen molar-refractivity contribution in [3.05, 3.63) is 28.8 Å². The van der Waals surface area contributed by atoms with Crippen molar-refractivity contribution in [1.82, 2.24) is 5.32 Å². The summed E-state index contributed by atoms with van der Waals surface area (Å²) in [6.07, 6.45) is 0.373. The van der Waals surface area contributed by atoms with E-state index >= 15 is 0 Å². The summed E-state index contributed by atoms with van der Waals surface area (Å²) in [7, 11) is 0. The van der Waals surface area contributed by atoms with Crippen molar-refractivity contribution in [2.45, 2.75) is 32.1 Å². The molecule has 0 fully saturated rings. The Bertz CT molecular complexity index is 532. The van der Waals surface area contributed by atoms with Gasteiger partial charge in [0, 0.05) is 16.5 Å². The van der Waals surface area contributed by atoms with Gasteiger partial charge in [0.2, 0.25) is 0 Å². The number of carbonyl (C=O) groups is 2. The SMILES string of the molecule is CCSc1cc(Cl)ccc1C(=O)NCCC(C)(C)C(=O)O. The third kappa shape index (κ3) is 5.25. The Labute approximate surface area is 134 Å². The lowest BCUT2D eigenvalue weighted by Gasteiger charge is -2.19. The standard InChI is InChI=1S/C15H20ClNO3S/c1-4-21-12-9-10(16)5-6-11(12)13(18)17-8-7-15(2,3)14(19)20/h5-6,9H,4,7-8H2,1-3H3,(H,17,18)(H,19,20). The van der Waals surface area contributed by atoms with Crippen LogP contribution in [0.15, 0.2) is 23.1 Å². The molecule has 21 heavy (non-hydrogen) atoms. The lowest BCUT2D eigenvalue weighted by Crippen LogP contribution is -2.32. The normalized spacial score (nSPS) is 11.2. The van der Waals surface area contributed by atoms with Crippen LogP contribution in [0.2, 0.25) is 5.02 Å². The first-order valence-electron chi connectivity index (χ1n) is 6.72. The van der Waals surface area contributed by atoms with Crippen molar-refractivity contribution in [1.29, 1.82) is 0 Å². The van der Waals surface area contributed by atoms with Crippen LogP contribution in [-0.4, -0.2) is 29.3 Å². The highest BCUT2D eigenvalue weighted by Crippen LogP contribution is 2.26. The van der Waals surface area contributed by atoms with Crippen molar-refractivity contribution in [3.8, 4) is 0 Å². The molecule has 0 aliphatic carbocycles. The third-order valence-corrected chi connectivity index (χ3v) is 4.28. The van der Waals surface area contributed by atoms with Gasteiger partial charge in [0.25, 0.3) is 5.91 Å². The summed E-state index contributed by atoms with van der Waals surface area (Å²) >= 11 is 7.49. The highest BCUT2D eigenvalue weighted by molar-refractivity contribution is 7.99. The van der Waals surface area contributed by atoms with Crippen molar-refractivity contribution >= 4 is 35.2 Å². The summed E-state index contributed by atoms with van der Waals surface area (Å²) in [5.74, 6) is -0.235. The maximum absolute atomic E-state index is 12.2. The predicted molar refractivity (Wildman–Crippen MR) is 86.2 cm³/mol. The number of hydrogen-bond donors (Lipinski definition) is 2. The number of carboxylic acid groups (broad SMARTS) is 1. The minimum Gasteiger partial charge on any atom is -0.481 e. The van der Waals surface area contributed by atoms with Crippen LogP contribution in [0.1, 0.15) is 37.6 Å². The third-order valence-electron chi connectivity index (χ3n) is 3.10. The van der Waals surface area contributed by atoms with Gasteiger partial charge in [-0.15, -0.1) is 11.8 Å². The zero-order valence-electron chi connectivity index (χ0n) is 12.4. The molecule has 0 saturated carbocycles. The van der Waals surface area contributed by atoms with Crippen LogP contribution in [0, 0.1) is 5.41 Å². The van der Waals surface area contributed by atoms with Gasteiger partial charge in [0.05, 0.1) is 11.0 Å². The molecule has 0 aliphatic heterocycles. The van der Waals surface area contributed by atoms with Gasteiger partial charge in [-0.1, -0.05) is 18.5 Å². The van der Waals surface area contributed by atoms with Crippen LogP contribution in [-0.2, 0) is 4.79 Å². The van der Waals surface area contributed by atoms with E-state index in [1.165, 1.54) is 0 Å². The van der Waals surface area contributed by atoms with Crippen molar-refractivity contribution in [2.24, 2.45) is 5.41 Å². The van der Waals surface area contributed by atoms with Crippen molar-refractivity contribution in [2.75, 3.05) is 12.3 Å². The van der Waals surface area contributed by atoms with Crippen LogP contribution < -0.4 is 5.32 Å². The van der Waals surface area contributed by atoms with E-state index in [0.29, 0.717) is 23.6 Å². The van der Waals surface area contributed by atoms with E-state index in [-0.39, 0.29) is 5.91 Å². The number of carbonyl (C=O) groups excluding carboxylic acids is 1. The average Bonchev–Trinajstić information content (AvgIpc) is 2.38. The molecule has 1 aromatic carbocycles. The van der Waals surface area contributed by atoms with E-state index in [1.54, 1.807) is 43.8 Å². The maximum atomic E-state index is 12.2. The Hall–Kier alpha value is -1.20. The van der Waals surface area contributed by atoms with Crippen molar-refractivity contribution < 1.29 is 14.7 Å². The second kappa shape index (κ2) is 7.71. The monoisotopic (exact) mass is 329 g/mol. The molecule has 1 amide bonds. The molecule has 0 saturated heterocycles. The largest absolute Gasteiger partial charge is 0.481 e. The highest BCUT2D eigenvalue weighted by Gasteiger charge is 2.26. The quantitative estimate of drug-likeness (QED) is 0.749. The fraction of sp³-hybridized carbons (Fsp3) is 0.467. The first-order chi connectivity index (χ1) is 9.77. The van der Waals surface area contributed by atoms with E-state index < -0.39 is 11.4 Å². The van der Waals surface area contributed by atoms with Gasteiger partial charge in [0.1, 0.15) is 0 Å². The van der Waals surface area contributed by atoms with Crippen LogP contribution >= 0.6 is 23.4 Å². The molecule has 0 unspecified atom stereocenters. The van der Waals surface area contributed by atoms with Gasteiger partial charge >= 0.3 is 5.97 Å². The van der Waals surface area contributed by atoms with Gasteiger partial charge in [-0.2, -0.15) is 0 Å². The molecule has 0 atom stereocenters. The second-order valence-corrected chi connectivity index (χ2v) is 7.01. The number of hydrogen-bond acceptors (Lipinski definition) is 3. The lowest BCUT2D eigenvalue weighted by molar-refractivity contribution is -0.147. The minimum absolute atomic E-state index is 0.205. The van der Waals surface area contributed by atoms with Crippen LogP contribution in [0.5, 0.6) is 0 Å². The Balaban J connectivity index is 2.70. The predicted octanol–water partition coefficient (Wildman–Crippen LogP) is 3.68. The zero-order valence-corrected chi connectivity index (χ0v) is 14.0. The van der Waals surface area contributed by atoms with Crippen LogP contribution in [0.4, 0.5) is 0 Å². The topological polar surface area (TPSA) is 66.4 Å².